The van der Waals surface area contributed by atoms with Crippen molar-refractivity contribution >= 4 is 23.8 Å². The Morgan fingerprint density at radius 1 is 0.682 bits per heavy atom. The number of nitrogens with one attached hydrogen (secondary N) is 4. The maximum Gasteiger partial charge on any atom is 0.251 e. The van der Waals surface area contributed by atoms with Crippen molar-refractivity contribution in [1.29, 1.82) is 0 Å². The van der Waals surface area contributed by atoms with Gasteiger partial charge in [-0.3, -0.25) is 4.79 Å². The molecule has 4 aromatic rings. The molecule has 3 aromatic carbocycles. The predicted octanol–water partition coefficient (Wildman–Crippen LogP) is 3.74. The number of amides is 1. The van der Waals surface area contributed by atoms with Crippen LogP contribution in [0, 0.1) is 0 Å². The summed E-state index contributed by atoms with van der Waals surface area (Å²) in [5.74, 6) is 2.66. The first-order valence-electron chi connectivity index (χ1n) is 14.6. The zero-order valence-corrected chi connectivity index (χ0v) is 24.5. The number of aromatic nitrogens is 3. The zero-order valence-electron chi connectivity index (χ0n) is 24.5. The molecule has 0 aliphatic carbocycles. The largest absolute Gasteiger partial charge is 0.454 e. The molecule has 0 saturated carbocycles. The molecule has 0 spiro atoms. The van der Waals surface area contributed by atoms with E-state index in [0.717, 1.165) is 23.5 Å². The Morgan fingerprint density at radius 3 is 2.09 bits per heavy atom. The van der Waals surface area contributed by atoms with Crippen molar-refractivity contribution in [3.8, 4) is 11.5 Å². The van der Waals surface area contributed by atoms with Crippen LogP contribution < -0.4 is 30.7 Å². The van der Waals surface area contributed by atoms with Crippen LogP contribution >= 0.6 is 0 Å². The predicted molar refractivity (Wildman–Crippen MR) is 167 cm³/mol. The molecule has 0 bridgehead atoms. The van der Waals surface area contributed by atoms with E-state index in [2.05, 4.69) is 48.4 Å². The number of nitrogens with zero attached hydrogens (tertiary/aromatic N) is 3. The first kappa shape index (κ1) is 30.5. The fraction of sp³-hybridized carbons (Fsp3) is 0.312. The SMILES string of the molecule is O=C(NCCOCCOCCNc1nc(NCCc2ccccc2)nc(NCc2cccc3c2OCO3)n1)c1ccccc1. The Hall–Kier alpha value is -4.94. The summed E-state index contributed by atoms with van der Waals surface area (Å²) >= 11 is 0. The number of carbonyl (C=O) groups excluding carboxylic acids is 1. The molecule has 12 nitrogen and oxygen atoms in total. The monoisotopic (exact) mass is 599 g/mol. The summed E-state index contributed by atoms with van der Waals surface area (Å²) in [6.45, 7) is 3.97. The first-order chi connectivity index (χ1) is 21.7. The van der Waals surface area contributed by atoms with Crippen LogP contribution in [0.3, 0.4) is 0 Å². The summed E-state index contributed by atoms with van der Waals surface area (Å²) in [6.07, 6.45) is 0.834. The van der Waals surface area contributed by atoms with Gasteiger partial charge in [0, 0.05) is 37.3 Å². The Morgan fingerprint density at radius 2 is 1.34 bits per heavy atom. The standard InChI is InChI=1S/C32H37N7O5/c40-29(25-10-5-2-6-11-25)33-16-18-41-20-21-42-19-17-35-31-37-30(34-15-14-24-8-3-1-4-9-24)38-32(39-31)36-22-26-12-7-13-27-28(26)44-23-43-27/h1-13H,14-23H2,(H,33,40)(H3,34,35,36,37,38,39). The number of fused-ring (bicyclic) bond motifs is 1. The molecule has 2 heterocycles. The Bertz CT molecular complexity index is 1460. The molecule has 0 unspecified atom stereocenters. The summed E-state index contributed by atoms with van der Waals surface area (Å²) < 4.78 is 22.3. The number of hydrogen-bond acceptors (Lipinski definition) is 11. The minimum atomic E-state index is -0.116. The van der Waals surface area contributed by atoms with Gasteiger partial charge in [0.05, 0.1) is 26.4 Å². The number of ether oxygens (including phenoxy) is 4. The Kier molecular flexibility index (Phi) is 11.5. The molecule has 0 fully saturated rings. The van der Waals surface area contributed by atoms with Crippen LogP contribution in [0.2, 0.25) is 0 Å². The van der Waals surface area contributed by atoms with Gasteiger partial charge in [-0.05, 0) is 30.2 Å². The van der Waals surface area contributed by atoms with Crippen LogP contribution in [-0.2, 0) is 22.4 Å². The van der Waals surface area contributed by atoms with E-state index in [9.17, 15) is 4.79 Å². The van der Waals surface area contributed by atoms with Gasteiger partial charge in [-0.15, -0.1) is 0 Å². The van der Waals surface area contributed by atoms with E-state index in [0.29, 0.717) is 76.0 Å². The topological polar surface area (TPSA) is 141 Å². The molecule has 1 aromatic heterocycles. The highest BCUT2D eigenvalue weighted by atomic mass is 16.7. The molecule has 1 amide bonds. The molecular weight excluding hydrogens is 562 g/mol. The van der Waals surface area contributed by atoms with Crippen molar-refractivity contribution < 1.29 is 23.7 Å². The highest BCUT2D eigenvalue weighted by Crippen LogP contribution is 2.35. The lowest BCUT2D eigenvalue weighted by atomic mass is 10.1. The molecule has 0 saturated heterocycles. The number of carbonyl (C=O) groups is 1. The van der Waals surface area contributed by atoms with Gasteiger partial charge in [0.15, 0.2) is 11.5 Å². The fourth-order valence-electron chi connectivity index (χ4n) is 4.37. The van der Waals surface area contributed by atoms with Gasteiger partial charge in [-0.25, -0.2) is 0 Å². The Balaban J connectivity index is 1.05. The summed E-state index contributed by atoms with van der Waals surface area (Å²) in [6, 6.07) is 25.1. The van der Waals surface area contributed by atoms with Gasteiger partial charge >= 0.3 is 0 Å². The van der Waals surface area contributed by atoms with Crippen LogP contribution in [0.5, 0.6) is 11.5 Å². The van der Waals surface area contributed by atoms with Gasteiger partial charge in [-0.2, -0.15) is 15.0 Å². The first-order valence-corrected chi connectivity index (χ1v) is 14.6. The van der Waals surface area contributed by atoms with Crippen molar-refractivity contribution in [2.45, 2.75) is 13.0 Å². The summed E-state index contributed by atoms with van der Waals surface area (Å²) in [5.41, 5.74) is 2.80. The molecule has 1 aliphatic rings. The van der Waals surface area contributed by atoms with Gasteiger partial charge in [0.1, 0.15) is 0 Å². The summed E-state index contributed by atoms with van der Waals surface area (Å²) in [4.78, 5) is 25.7. The highest BCUT2D eigenvalue weighted by molar-refractivity contribution is 5.94. The van der Waals surface area contributed by atoms with Crippen molar-refractivity contribution in [2.75, 3.05) is 68.8 Å². The van der Waals surface area contributed by atoms with Crippen molar-refractivity contribution in [3.05, 3.63) is 95.6 Å². The van der Waals surface area contributed by atoms with Crippen molar-refractivity contribution in [1.82, 2.24) is 20.3 Å². The average Bonchev–Trinajstić information content (AvgIpc) is 3.55. The lowest BCUT2D eigenvalue weighted by molar-refractivity contribution is 0.0519. The second kappa shape index (κ2) is 16.6. The smallest absolute Gasteiger partial charge is 0.251 e. The molecule has 5 rings (SSSR count). The van der Waals surface area contributed by atoms with E-state index < -0.39 is 0 Å². The van der Waals surface area contributed by atoms with Crippen LogP contribution in [0.1, 0.15) is 21.5 Å². The lowest BCUT2D eigenvalue weighted by Gasteiger charge is -2.12. The maximum absolute atomic E-state index is 12.0. The molecule has 4 N–H and O–H groups in total. The van der Waals surface area contributed by atoms with E-state index in [-0.39, 0.29) is 12.7 Å². The maximum atomic E-state index is 12.0. The van der Waals surface area contributed by atoms with Crippen LogP contribution in [-0.4, -0.2) is 73.7 Å². The summed E-state index contributed by atoms with van der Waals surface area (Å²) in [5, 5.41) is 12.6. The van der Waals surface area contributed by atoms with E-state index >= 15 is 0 Å². The highest BCUT2D eigenvalue weighted by Gasteiger charge is 2.17. The normalized spacial score (nSPS) is 11.6. The quantitative estimate of drug-likeness (QED) is 0.124. The van der Waals surface area contributed by atoms with Crippen LogP contribution in [0.15, 0.2) is 78.9 Å². The number of hydrogen-bond donors (Lipinski definition) is 4. The number of rotatable bonds is 18. The molecular formula is C32H37N7O5. The third kappa shape index (κ3) is 9.54. The van der Waals surface area contributed by atoms with E-state index in [4.69, 9.17) is 18.9 Å². The van der Waals surface area contributed by atoms with Gasteiger partial charge < -0.3 is 40.2 Å². The third-order valence-electron chi connectivity index (χ3n) is 6.56. The Labute approximate surface area is 256 Å². The number of anilines is 3. The van der Waals surface area contributed by atoms with Crippen LogP contribution in [0.4, 0.5) is 17.8 Å². The number of benzene rings is 3. The van der Waals surface area contributed by atoms with E-state index in [1.165, 1.54) is 5.56 Å². The molecule has 44 heavy (non-hydrogen) atoms. The summed E-state index contributed by atoms with van der Waals surface area (Å²) in [7, 11) is 0. The third-order valence-corrected chi connectivity index (χ3v) is 6.56. The second-order valence-electron chi connectivity index (χ2n) is 9.75. The molecule has 1 aliphatic heterocycles. The van der Waals surface area contributed by atoms with Gasteiger partial charge in [-0.1, -0.05) is 60.7 Å². The van der Waals surface area contributed by atoms with Crippen molar-refractivity contribution in [3.63, 3.8) is 0 Å². The lowest BCUT2D eigenvalue weighted by Crippen LogP contribution is -2.27. The van der Waals surface area contributed by atoms with E-state index in [1.54, 1.807) is 12.1 Å². The van der Waals surface area contributed by atoms with E-state index in [1.807, 2.05) is 54.6 Å². The van der Waals surface area contributed by atoms with Crippen LogP contribution in [0.25, 0.3) is 0 Å². The van der Waals surface area contributed by atoms with Crippen molar-refractivity contribution in [2.24, 2.45) is 0 Å². The van der Waals surface area contributed by atoms with Gasteiger partial charge in [0.25, 0.3) is 5.91 Å². The molecule has 0 atom stereocenters. The second-order valence-corrected chi connectivity index (χ2v) is 9.75. The average molecular weight is 600 g/mol. The molecule has 0 radical (unpaired) electrons. The minimum absolute atomic E-state index is 0.116. The fourth-order valence-corrected chi connectivity index (χ4v) is 4.37. The zero-order chi connectivity index (χ0) is 30.2. The van der Waals surface area contributed by atoms with Gasteiger partial charge in [0.2, 0.25) is 24.6 Å². The molecule has 230 valence electrons. The minimum Gasteiger partial charge on any atom is -0.454 e. The number of para-hydroxylation sites is 1. The molecule has 12 heteroatoms.